The SMILES string of the molecule is C=C(C)c1ccc2c3ncc(-c4c(C)nnn4C)cc3n([C@H](c3ccccc3)C3CCOCC3)c2c1CO. The zero-order valence-corrected chi connectivity index (χ0v) is 22.2. The van der Waals surface area contributed by atoms with E-state index in [4.69, 9.17) is 9.72 Å². The third-order valence-electron chi connectivity index (χ3n) is 7.92. The number of fused-ring (bicyclic) bond motifs is 3. The predicted molar refractivity (Wildman–Crippen MR) is 151 cm³/mol. The lowest BCUT2D eigenvalue weighted by Crippen LogP contribution is -2.27. The lowest BCUT2D eigenvalue weighted by atomic mass is 9.86. The number of aliphatic hydroxyl groups excluding tert-OH is 1. The molecule has 0 saturated carbocycles. The number of allylic oxidation sites excluding steroid dienone is 1. The van der Waals surface area contributed by atoms with Gasteiger partial charge in [-0.1, -0.05) is 53.8 Å². The standard InChI is InChI=1S/C31H33N5O2/c1-19(2)24-10-11-25-28-27(16-23(17-32-28)29-20(3)33-34-35(29)4)36(31(25)26(24)18-37)30(21-8-6-5-7-9-21)22-12-14-38-15-13-22/h5-11,16-17,22,30,37H,1,12-15,18H2,2-4H3/t30-/m1/s1. The van der Waals surface area contributed by atoms with Crippen LogP contribution < -0.4 is 0 Å². The van der Waals surface area contributed by atoms with E-state index in [1.807, 2.05) is 27.1 Å². The van der Waals surface area contributed by atoms with Gasteiger partial charge in [0.25, 0.3) is 0 Å². The van der Waals surface area contributed by atoms with E-state index < -0.39 is 0 Å². The summed E-state index contributed by atoms with van der Waals surface area (Å²) in [4.78, 5) is 5.02. The van der Waals surface area contributed by atoms with Gasteiger partial charge in [-0.2, -0.15) is 0 Å². The maximum atomic E-state index is 10.7. The van der Waals surface area contributed by atoms with Gasteiger partial charge >= 0.3 is 0 Å². The van der Waals surface area contributed by atoms with Crippen LogP contribution in [0.5, 0.6) is 0 Å². The fourth-order valence-corrected chi connectivity index (χ4v) is 6.22. The van der Waals surface area contributed by atoms with E-state index in [0.717, 1.165) is 81.6 Å². The van der Waals surface area contributed by atoms with Gasteiger partial charge in [0.1, 0.15) is 0 Å². The number of aryl methyl sites for hydroxylation is 2. The highest BCUT2D eigenvalue weighted by molar-refractivity contribution is 6.09. The molecule has 1 aliphatic rings. The monoisotopic (exact) mass is 507 g/mol. The van der Waals surface area contributed by atoms with E-state index in [1.54, 1.807) is 4.68 Å². The van der Waals surface area contributed by atoms with Crippen molar-refractivity contribution in [2.75, 3.05) is 13.2 Å². The summed E-state index contributed by atoms with van der Waals surface area (Å²) in [5.74, 6) is 0.369. The second-order valence-corrected chi connectivity index (χ2v) is 10.3. The van der Waals surface area contributed by atoms with E-state index in [0.29, 0.717) is 5.92 Å². The third kappa shape index (κ3) is 3.94. The predicted octanol–water partition coefficient (Wildman–Crippen LogP) is 5.83. The zero-order chi connectivity index (χ0) is 26.4. The van der Waals surface area contributed by atoms with Gasteiger partial charge in [0.05, 0.1) is 40.6 Å². The van der Waals surface area contributed by atoms with E-state index in [2.05, 4.69) is 70.0 Å². The molecular weight excluding hydrogens is 474 g/mol. The van der Waals surface area contributed by atoms with Crippen LogP contribution in [0.25, 0.3) is 38.8 Å². The maximum absolute atomic E-state index is 10.7. The molecule has 7 nitrogen and oxygen atoms in total. The first-order valence-electron chi connectivity index (χ1n) is 13.2. The van der Waals surface area contributed by atoms with Crippen molar-refractivity contribution in [3.8, 4) is 11.3 Å². The molecule has 1 N–H and O–H groups in total. The number of hydrogen-bond acceptors (Lipinski definition) is 5. The van der Waals surface area contributed by atoms with Gasteiger partial charge in [-0.3, -0.25) is 4.98 Å². The minimum Gasteiger partial charge on any atom is -0.392 e. The first kappa shape index (κ1) is 24.5. The van der Waals surface area contributed by atoms with Crippen LogP contribution in [-0.4, -0.2) is 42.9 Å². The third-order valence-corrected chi connectivity index (χ3v) is 7.92. The molecule has 0 unspecified atom stereocenters. The molecule has 0 radical (unpaired) electrons. The minimum absolute atomic E-state index is 0.0496. The lowest BCUT2D eigenvalue weighted by Gasteiger charge is -2.33. The van der Waals surface area contributed by atoms with Crippen LogP contribution in [0.3, 0.4) is 0 Å². The van der Waals surface area contributed by atoms with Crippen LogP contribution in [0.4, 0.5) is 0 Å². The summed E-state index contributed by atoms with van der Waals surface area (Å²) in [6.45, 7) is 9.60. The maximum Gasteiger partial charge on any atom is 0.0960 e. The molecule has 3 aromatic heterocycles. The molecule has 5 aromatic rings. The van der Waals surface area contributed by atoms with Gasteiger partial charge in [-0.15, -0.1) is 5.10 Å². The molecular formula is C31H33N5O2. The Morgan fingerprint density at radius 3 is 2.58 bits per heavy atom. The summed E-state index contributed by atoms with van der Waals surface area (Å²) < 4.78 is 10.0. The van der Waals surface area contributed by atoms with Crippen LogP contribution >= 0.6 is 0 Å². The molecule has 6 rings (SSSR count). The van der Waals surface area contributed by atoms with Crippen LogP contribution in [-0.2, 0) is 18.4 Å². The number of aromatic nitrogens is 5. The Balaban J connectivity index is 1.74. The Labute approximate surface area is 222 Å². The molecule has 1 saturated heterocycles. The van der Waals surface area contributed by atoms with Crippen molar-refractivity contribution in [3.63, 3.8) is 0 Å². The highest BCUT2D eigenvalue weighted by atomic mass is 16.5. The molecule has 1 fully saturated rings. The number of hydrogen-bond donors (Lipinski definition) is 1. The minimum atomic E-state index is -0.0806. The van der Waals surface area contributed by atoms with Crippen molar-refractivity contribution in [2.24, 2.45) is 13.0 Å². The number of aliphatic hydroxyl groups is 1. The Kier molecular flexibility index (Phi) is 6.33. The van der Waals surface area contributed by atoms with Gasteiger partial charge in [-0.25, -0.2) is 4.68 Å². The molecule has 0 bridgehead atoms. The van der Waals surface area contributed by atoms with Crippen molar-refractivity contribution in [1.82, 2.24) is 24.5 Å². The molecule has 1 aliphatic heterocycles. The van der Waals surface area contributed by atoms with Gasteiger partial charge in [0.15, 0.2) is 0 Å². The molecule has 0 amide bonds. The van der Waals surface area contributed by atoms with E-state index in [9.17, 15) is 5.11 Å². The van der Waals surface area contributed by atoms with Crippen molar-refractivity contribution >= 4 is 27.5 Å². The molecule has 7 heteroatoms. The number of nitrogens with zero attached hydrogens (tertiary/aromatic N) is 5. The van der Waals surface area contributed by atoms with E-state index >= 15 is 0 Å². The quantitative estimate of drug-likeness (QED) is 0.313. The Bertz CT molecular complexity index is 1620. The van der Waals surface area contributed by atoms with Gasteiger partial charge in [0, 0.05) is 43.0 Å². The molecule has 0 aliphatic carbocycles. The summed E-state index contributed by atoms with van der Waals surface area (Å²) in [6.07, 6.45) is 3.84. The molecule has 38 heavy (non-hydrogen) atoms. The summed E-state index contributed by atoms with van der Waals surface area (Å²) in [5.41, 5.74) is 9.80. The molecule has 4 heterocycles. The van der Waals surface area contributed by atoms with Crippen LogP contribution in [0, 0.1) is 12.8 Å². The zero-order valence-electron chi connectivity index (χ0n) is 22.2. The molecule has 2 aromatic carbocycles. The fourth-order valence-electron chi connectivity index (χ4n) is 6.22. The average molecular weight is 508 g/mol. The highest BCUT2D eigenvalue weighted by Crippen LogP contribution is 2.43. The summed E-state index contributed by atoms with van der Waals surface area (Å²) in [5, 5.41) is 20.3. The fraction of sp³-hybridized carbons (Fsp3) is 0.323. The van der Waals surface area contributed by atoms with Gasteiger partial charge in [0.2, 0.25) is 0 Å². The van der Waals surface area contributed by atoms with E-state index in [-0.39, 0.29) is 12.6 Å². The van der Waals surface area contributed by atoms with Crippen molar-refractivity contribution < 1.29 is 9.84 Å². The lowest BCUT2D eigenvalue weighted by molar-refractivity contribution is 0.0552. The Morgan fingerprint density at radius 2 is 1.92 bits per heavy atom. The van der Waals surface area contributed by atoms with Crippen LogP contribution in [0.15, 0.2) is 61.3 Å². The smallest absolute Gasteiger partial charge is 0.0960 e. The van der Waals surface area contributed by atoms with Crippen molar-refractivity contribution in [3.05, 3.63) is 83.7 Å². The average Bonchev–Trinajstić information content (AvgIpc) is 3.45. The molecule has 194 valence electrons. The summed E-state index contributed by atoms with van der Waals surface area (Å²) >= 11 is 0. The van der Waals surface area contributed by atoms with Crippen molar-refractivity contribution in [1.29, 1.82) is 0 Å². The Morgan fingerprint density at radius 1 is 1.16 bits per heavy atom. The van der Waals surface area contributed by atoms with E-state index in [1.165, 1.54) is 5.56 Å². The molecule has 1 atom stereocenters. The first-order valence-corrected chi connectivity index (χ1v) is 13.2. The largest absolute Gasteiger partial charge is 0.392 e. The second-order valence-electron chi connectivity index (χ2n) is 10.3. The summed E-state index contributed by atoms with van der Waals surface area (Å²) in [7, 11) is 1.91. The normalized spacial score (nSPS) is 15.4. The topological polar surface area (TPSA) is 78.0 Å². The number of rotatable bonds is 6. The number of pyridine rings is 1. The van der Waals surface area contributed by atoms with Crippen molar-refractivity contribution in [2.45, 2.75) is 39.3 Å². The Hall–Kier alpha value is -3.81. The number of ether oxygens (including phenoxy) is 1. The second kappa shape index (κ2) is 9.82. The highest BCUT2D eigenvalue weighted by Gasteiger charge is 2.31. The van der Waals surface area contributed by atoms with Gasteiger partial charge < -0.3 is 14.4 Å². The number of benzene rings is 2. The van der Waals surface area contributed by atoms with Crippen LogP contribution in [0.2, 0.25) is 0 Å². The first-order chi connectivity index (χ1) is 18.5. The summed E-state index contributed by atoms with van der Waals surface area (Å²) in [6, 6.07) is 17.2. The van der Waals surface area contributed by atoms with Gasteiger partial charge in [-0.05, 0) is 55.9 Å². The molecule has 0 spiro atoms. The van der Waals surface area contributed by atoms with Crippen LogP contribution in [0.1, 0.15) is 48.2 Å².